The number of hydrogen-bond donors (Lipinski definition) is 0. The molecule has 0 bridgehead atoms. The maximum atomic E-state index is 5.82. The van der Waals surface area contributed by atoms with Crippen molar-refractivity contribution in [2.45, 2.75) is 149 Å². The summed E-state index contributed by atoms with van der Waals surface area (Å²) < 4.78 is 18.7. The minimum atomic E-state index is -2.60. The molecule has 0 fully saturated rings. The van der Waals surface area contributed by atoms with Crippen LogP contribution in [0.15, 0.2) is 0 Å². The van der Waals surface area contributed by atoms with Gasteiger partial charge in [-0.25, -0.2) is 0 Å². The number of quaternary nitrogens is 1. The van der Waals surface area contributed by atoms with Crippen LogP contribution in [0.5, 0.6) is 0 Å². The van der Waals surface area contributed by atoms with E-state index in [1.165, 1.54) is 140 Å². The highest BCUT2D eigenvalue weighted by Gasteiger charge is 2.48. The van der Waals surface area contributed by atoms with Crippen molar-refractivity contribution in [3.63, 3.8) is 0 Å². The summed E-state index contributed by atoms with van der Waals surface area (Å²) in [7, 11) is 2.65. The van der Waals surface area contributed by atoms with Gasteiger partial charge in [0.05, 0.1) is 31.7 Å². The fourth-order valence-electron chi connectivity index (χ4n) is 6.10. The molecular formula is C30H66NO3Si+. The van der Waals surface area contributed by atoms with E-state index in [1.54, 1.807) is 21.3 Å². The van der Waals surface area contributed by atoms with E-state index in [0.29, 0.717) is 5.54 Å². The predicted octanol–water partition coefficient (Wildman–Crippen LogP) is 9.15. The minimum Gasteiger partial charge on any atom is -0.377 e. The maximum absolute atomic E-state index is 5.82. The van der Waals surface area contributed by atoms with E-state index in [0.717, 1.165) is 6.54 Å². The molecule has 0 aromatic heterocycles. The molecule has 0 N–H and O–H groups in total. The van der Waals surface area contributed by atoms with Crippen molar-refractivity contribution in [1.82, 2.24) is 0 Å². The molecule has 0 aliphatic rings. The van der Waals surface area contributed by atoms with Gasteiger partial charge < -0.3 is 17.8 Å². The zero-order valence-electron chi connectivity index (χ0n) is 25.3. The first-order valence-corrected chi connectivity index (χ1v) is 17.3. The molecule has 0 rings (SSSR count). The Morgan fingerprint density at radius 2 is 0.829 bits per heavy atom. The van der Waals surface area contributed by atoms with Gasteiger partial charge in [0.1, 0.15) is 0 Å². The number of unbranched alkanes of at least 4 members (excludes halogenated alkanes) is 15. The van der Waals surface area contributed by atoms with Gasteiger partial charge in [-0.2, -0.15) is 0 Å². The molecule has 0 saturated carbocycles. The lowest BCUT2D eigenvalue weighted by atomic mass is 10.0. The standard InChI is InChI=1S/C30H66NO3Si/c1-8-11-12-13-14-15-16-17-18-19-20-21-22-23-24-25-28-31(26-9-2,27-10-3)29-30(4)35(32-5,33-6)34-7/h30H,8-29H2,1-7H3/q+1. The van der Waals surface area contributed by atoms with E-state index in [1.807, 2.05) is 0 Å². The third-order valence-corrected chi connectivity index (χ3v) is 11.1. The molecule has 212 valence electrons. The highest BCUT2D eigenvalue weighted by atomic mass is 28.4. The Labute approximate surface area is 222 Å². The first kappa shape index (κ1) is 35.1. The second-order valence-electron chi connectivity index (χ2n) is 11.1. The minimum absolute atomic E-state index is 0.307. The maximum Gasteiger partial charge on any atom is 0.508 e. The number of nitrogens with zero attached hydrogens (tertiary/aromatic N) is 1. The molecule has 4 nitrogen and oxygen atoms in total. The quantitative estimate of drug-likeness (QED) is 0.0618. The molecule has 0 aliphatic heterocycles. The molecular weight excluding hydrogens is 450 g/mol. The van der Waals surface area contributed by atoms with E-state index < -0.39 is 8.80 Å². The van der Waals surface area contributed by atoms with Gasteiger partial charge in [-0.15, -0.1) is 0 Å². The van der Waals surface area contributed by atoms with Crippen LogP contribution in [-0.2, 0) is 13.3 Å². The smallest absolute Gasteiger partial charge is 0.377 e. The van der Waals surface area contributed by atoms with Crippen LogP contribution in [0.3, 0.4) is 0 Å². The molecule has 0 amide bonds. The van der Waals surface area contributed by atoms with Crippen molar-refractivity contribution in [2.75, 3.05) is 47.5 Å². The number of hydrogen-bond acceptors (Lipinski definition) is 3. The average Bonchev–Trinajstić information content (AvgIpc) is 2.85. The molecule has 0 aromatic carbocycles. The normalized spacial score (nSPS) is 13.5. The summed E-state index contributed by atoms with van der Waals surface area (Å²) in [6.45, 7) is 14.1. The Kier molecular flexibility index (Phi) is 23.2. The molecule has 0 aromatic rings. The van der Waals surface area contributed by atoms with Crippen molar-refractivity contribution in [2.24, 2.45) is 0 Å². The Balaban J connectivity index is 4.13. The molecule has 0 spiro atoms. The van der Waals surface area contributed by atoms with E-state index in [2.05, 4.69) is 27.7 Å². The molecule has 1 atom stereocenters. The lowest BCUT2D eigenvalue weighted by molar-refractivity contribution is -0.928. The van der Waals surface area contributed by atoms with Crippen LogP contribution in [0.25, 0.3) is 0 Å². The summed E-state index contributed by atoms with van der Waals surface area (Å²) in [6, 6.07) is 0. The van der Waals surface area contributed by atoms with Gasteiger partial charge >= 0.3 is 8.80 Å². The van der Waals surface area contributed by atoms with E-state index >= 15 is 0 Å². The number of rotatable bonds is 27. The molecule has 5 heteroatoms. The molecule has 0 heterocycles. The molecule has 0 aliphatic carbocycles. The van der Waals surface area contributed by atoms with Crippen LogP contribution < -0.4 is 0 Å². The fourth-order valence-corrected chi connectivity index (χ4v) is 8.42. The highest BCUT2D eigenvalue weighted by molar-refractivity contribution is 6.62. The Bertz CT molecular complexity index is 431. The summed E-state index contributed by atoms with van der Waals surface area (Å²) in [5.74, 6) is 0. The van der Waals surface area contributed by atoms with Gasteiger partial charge in [-0.1, -0.05) is 118 Å². The molecule has 35 heavy (non-hydrogen) atoms. The molecule has 0 radical (unpaired) electrons. The summed E-state index contributed by atoms with van der Waals surface area (Å²) >= 11 is 0. The SMILES string of the molecule is CCCCCCCCCCCCCCCCCC[N+](CCC)(CCC)CC(C)[Si](OC)(OC)OC. The molecule has 0 saturated heterocycles. The van der Waals surface area contributed by atoms with E-state index in [-0.39, 0.29) is 0 Å². The van der Waals surface area contributed by atoms with Gasteiger partial charge in [0, 0.05) is 21.3 Å². The van der Waals surface area contributed by atoms with Crippen molar-refractivity contribution >= 4 is 8.80 Å². The van der Waals surface area contributed by atoms with Crippen LogP contribution in [0.4, 0.5) is 0 Å². The highest BCUT2D eigenvalue weighted by Crippen LogP contribution is 2.29. The van der Waals surface area contributed by atoms with Gasteiger partial charge in [-0.3, -0.25) is 0 Å². The summed E-state index contributed by atoms with van der Waals surface area (Å²) in [4.78, 5) is 0. The second-order valence-corrected chi connectivity index (χ2v) is 14.5. The zero-order chi connectivity index (χ0) is 26.3. The summed E-state index contributed by atoms with van der Waals surface area (Å²) in [5, 5.41) is 0. The predicted molar refractivity (Wildman–Crippen MR) is 156 cm³/mol. The van der Waals surface area contributed by atoms with Gasteiger partial charge in [0.15, 0.2) is 0 Å². The topological polar surface area (TPSA) is 27.7 Å². The van der Waals surface area contributed by atoms with Crippen molar-refractivity contribution in [3.8, 4) is 0 Å². The van der Waals surface area contributed by atoms with Gasteiger partial charge in [-0.05, 0) is 25.7 Å². The Morgan fingerprint density at radius 3 is 1.14 bits per heavy atom. The zero-order valence-corrected chi connectivity index (χ0v) is 26.3. The lowest BCUT2D eigenvalue weighted by Crippen LogP contribution is -2.57. The fraction of sp³-hybridized carbons (Fsp3) is 1.00. The van der Waals surface area contributed by atoms with Crippen LogP contribution in [0.2, 0.25) is 5.54 Å². The van der Waals surface area contributed by atoms with Crippen LogP contribution >= 0.6 is 0 Å². The lowest BCUT2D eigenvalue weighted by Gasteiger charge is -2.43. The van der Waals surface area contributed by atoms with E-state index in [9.17, 15) is 0 Å². The Hall–Kier alpha value is 0.0569. The van der Waals surface area contributed by atoms with Crippen LogP contribution in [-0.4, -0.2) is 60.8 Å². The third kappa shape index (κ3) is 15.8. The van der Waals surface area contributed by atoms with Gasteiger partial charge in [0.2, 0.25) is 0 Å². The summed E-state index contributed by atoms with van der Waals surface area (Å²) in [5.41, 5.74) is 0.307. The third-order valence-electron chi connectivity index (χ3n) is 8.00. The first-order valence-electron chi connectivity index (χ1n) is 15.5. The monoisotopic (exact) mass is 516 g/mol. The van der Waals surface area contributed by atoms with Crippen molar-refractivity contribution < 1.29 is 17.8 Å². The van der Waals surface area contributed by atoms with Crippen molar-refractivity contribution in [3.05, 3.63) is 0 Å². The van der Waals surface area contributed by atoms with Crippen molar-refractivity contribution in [1.29, 1.82) is 0 Å². The van der Waals surface area contributed by atoms with E-state index in [4.69, 9.17) is 13.3 Å². The molecule has 1 unspecified atom stereocenters. The largest absolute Gasteiger partial charge is 0.508 e. The van der Waals surface area contributed by atoms with Crippen LogP contribution in [0.1, 0.15) is 143 Å². The van der Waals surface area contributed by atoms with Gasteiger partial charge in [0.25, 0.3) is 0 Å². The summed E-state index contributed by atoms with van der Waals surface area (Å²) in [6.07, 6.45) is 25.3. The first-order chi connectivity index (χ1) is 17.0. The van der Waals surface area contributed by atoms with Crippen LogP contribution in [0, 0.1) is 0 Å². The second kappa shape index (κ2) is 23.2. The average molecular weight is 517 g/mol. The Morgan fingerprint density at radius 1 is 0.486 bits per heavy atom.